The molecule has 25 heavy (non-hydrogen) atoms. The molecule has 0 spiro atoms. The van der Waals surface area contributed by atoms with Gasteiger partial charge in [0.05, 0.1) is 22.8 Å². The standard InChI is InChI=1S/C18H22BrN3O2S/c1-3-22(11-13-8-9-16(19)25-13)17(23)10-15(21-18(20)24)14-7-5-4-6-12(14)2/h4-9,15H,3,10-11H2,1-2H3,(H3,20,21,24)/t15-/m1/s1. The Morgan fingerprint density at radius 2 is 2.00 bits per heavy atom. The van der Waals surface area contributed by atoms with E-state index in [9.17, 15) is 9.59 Å². The molecule has 5 nitrogen and oxygen atoms in total. The van der Waals surface area contributed by atoms with Crippen molar-refractivity contribution in [3.8, 4) is 0 Å². The summed E-state index contributed by atoms with van der Waals surface area (Å²) in [5, 5.41) is 2.70. The number of amides is 3. The smallest absolute Gasteiger partial charge is 0.312 e. The average molecular weight is 424 g/mol. The number of aryl methyl sites for hydroxylation is 1. The molecule has 1 atom stereocenters. The minimum atomic E-state index is -0.633. The van der Waals surface area contributed by atoms with Gasteiger partial charge in [0.2, 0.25) is 5.91 Å². The minimum absolute atomic E-state index is 0.0194. The number of thiophene rings is 1. The van der Waals surface area contributed by atoms with Crippen LogP contribution in [0.4, 0.5) is 4.79 Å². The average Bonchev–Trinajstić information content (AvgIpc) is 2.97. The highest BCUT2D eigenvalue weighted by Gasteiger charge is 2.22. The number of nitrogens with one attached hydrogen (secondary N) is 1. The van der Waals surface area contributed by atoms with Crippen LogP contribution in [-0.2, 0) is 11.3 Å². The van der Waals surface area contributed by atoms with E-state index < -0.39 is 12.1 Å². The fourth-order valence-electron chi connectivity index (χ4n) is 2.69. The van der Waals surface area contributed by atoms with Crippen LogP contribution in [0.15, 0.2) is 40.2 Å². The molecule has 1 aromatic heterocycles. The molecule has 0 radical (unpaired) electrons. The number of primary amides is 1. The summed E-state index contributed by atoms with van der Waals surface area (Å²) in [7, 11) is 0. The third-order valence-corrected chi connectivity index (χ3v) is 5.58. The zero-order valence-electron chi connectivity index (χ0n) is 14.3. The number of halogens is 1. The van der Waals surface area contributed by atoms with Crippen molar-refractivity contribution in [2.24, 2.45) is 5.73 Å². The third kappa shape index (κ3) is 5.57. The van der Waals surface area contributed by atoms with Gasteiger partial charge in [-0.2, -0.15) is 0 Å². The lowest BCUT2D eigenvalue weighted by atomic mass is 9.98. The van der Waals surface area contributed by atoms with E-state index in [4.69, 9.17) is 5.73 Å². The maximum Gasteiger partial charge on any atom is 0.312 e. The van der Waals surface area contributed by atoms with E-state index in [1.165, 1.54) is 0 Å². The predicted molar refractivity (Wildman–Crippen MR) is 104 cm³/mol. The summed E-state index contributed by atoms with van der Waals surface area (Å²) in [6, 6.07) is 10.6. The Labute approximate surface area is 160 Å². The number of benzene rings is 1. The van der Waals surface area contributed by atoms with Gasteiger partial charge >= 0.3 is 6.03 Å². The van der Waals surface area contributed by atoms with Crippen LogP contribution >= 0.6 is 27.3 Å². The van der Waals surface area contributed by atoms with Crippen LogP contribution in [-0.4, -0.2) is 23.4 Å². The van der Waals surface area contributed by atoms with Crippen LogP contribution in [0.5, 0.6) is 0 Å². The van der Waals surface area contributed by atoms with Gasteiger partial charge in [0.1, 0.15) is 0 Å². The maximum absolute atomic E-state index is 12.8. The molecular weight excluding hydrogens is 402 g/mol. The summed E-state index contributed by atoms with van der Waals surface area (Å²) in [6.45, 7) is 5.06. The van der Waals surface area contributed by atoms with Crippen molar-refractivity contribution in [3.05, 3.63) is 56.2 Å². The number of hydrogen-bond acceptors (Lipinski definition) is 3. The first kappa shape index (κ1) is 19.5. The predicted octanol–water partition coefficient (Wildman–Crippen LogP) is 3.97. The molecule has 0 aliphatic heterocycles. The largest absolute Gasteiger partial charge is 0.352 e. The van der Waals surface area contributed by atoms with Gasteiger partial charge in [-0.05, 0) is 53.0 Å². The summed E-state index contributed by atoms with van der Waals surface area (Å²) < 4.78 is 1.04. The number of urea groups is 1. The molecule has 2 rings (SSSR count). The Morgan fingerprint density at radius 1 is 1.28 bits per heavy atom. The number of carbonyl (C=O) groups is 2. The van der Waals surface area contributed by atoms with Crippen molar-refractivity contribution in [3.63, 3.8) is 0 Å². The maximum atomic E-state index is 12.8. The van der Waals surface area contributed by atoms with Crippen molar-refractivity contribution < 1.29 is 9.59 Å². The first-order valence-corrected chi connectivity index (χ1v) is 9.65. The Hall–Kier alpha value is -1.86. The summed E-state index contributed by atoms with van der Waals surface area (Å²) in [5.74, 6) is -0.0194. The number of rotatable bonds is 7. The van der Waals surface area contributed by atoms with E-state index in [1.807, 2.05) is 50.2 Å². The molecule has 134 valence electrons. The number of hydrogen-bond donors (Lipinski definition) is 2. The number of carbonyl (C=O) groups excluding carboxylic acids is 2. The van der Waals surface area contributed by atoms with E-state index in [0.29, 0.717) is 13.1 Å². The lowest BCUT2D eigenvalue weighted by molar-refractivity contribution is -0.132. The molecule has 2 aromatic rings. The normalized spacial score (nSPS) is 11.8. The second-order valence-electron chi connectivity index (χ2n) is 5.74. The van der Waals surface area contributed by atoms with E-state index >= 15 is 0 Å². The molecule has 7 heteroatoms. The van der Waals surface area contributed by atoms with Gasteiger partial charge in [-0.25, -0.2) is 4.79 Å². The molecule has 1 aromatic carbocycles. The van der Waals surface area contributed by atoms with Crippen molar-refractivity contribution in [1.82, 2.24) is 10.2 Å². The molecule has 0 saturated carbocycles. The van der Waals surface area contributed by atoms with Crippen LogP contribution in [0.1, 0.15) is 35.4 Å². The highest BCUT2D eigenvalue weighted by Crippen LogP contribution is 2.25. The Morgan fingerprint density at radius 3 is 2.56 bits per heavy atom. The monoisotopic (exact) mass is 423 g/mol. The Balaban J connectivity index is 2.14. The van der Waals surface area contributed by atoms with Gasteiger partial charge in [0.25, 0.3) is 0 Å². The first-order valence-electron chi connectivity index (χ1n) is 8.04. The molecule has 3 N–H and O–H groups in total. The fourth-order valence-corrected chi connectivity index (χ4v) is 4.19. The highest BCUT2D eigenvalue weighted by molar-refractivity contribution is 9.11. The second-order valence-corrected chi connectivity index (χ2v) is 8.28. The van der Waals surface area contributed by atoms with E-state index in [-0.39, 0.29) is 12.3 Å². The molecule has 0 fully saturated rings. The summed E-state index contributed by atoms with van der Waals surface area (Å²) in [6.07, 6.45) is 0.175. The van der Waals surface area contributed by atoms with Crippen molar-refractivity contribution in [2.45, 2.75) is 32.9 Å². The van der Waals surface area contributed by atoms with E-state index in [0.717, 1.165) is 19.8 Å². The third-order valence-electron chi connectivity index (χ3n) is 3.97. The van der Waals surface area contributed by atoms with Gasteiger partial charge in [0.15, 0.2) is 0 Å². The molecule has 0 bridgehead atoms. The Kier molecular flexibility index (Phi) is 7.01. The molecule has 0 saturated heterocycles. The van der Waals surface area contributed by atoms with Crippen LogP contribution in [0, 0.1) is 6.92 Å². The molecule has 0 aliphatic rings. The SMILES string of the molecule is CCN(Cc1ccc(Br)s1)C(=O)C[C@@H](NC(N)=O)c1ccccc1C. The molecule has 3 amide bonds. The molecule has 0 aliphatic carbocycles. The van der Waals surface area contributed by atoms with Gasteiger partial charge < -0.3 is 16.0 Å². The second kappa shape index (κ2) is 9.01. The molecule has 0 unspecified atom stereocenters. The van der Waals surface area contributed by atoms with E-state index in [2.05, 4.69) is 21.2 Å². The first-order chi connectivity index (χ1) is 11.9. The van der Waals surface area contributed by atoms with Gasteiger partial charge in [-0.3, -0.25) is 4.79 Å². The lowest BCUT2D eigenvalue weighted by Crippen LogP contribution is -2.38. The number of nitrogens with zero attached hydrogens (tertiary/aromatic N) is 1. The summed E-state index contributed by atoms with van der Waals surface area (Å²) in [4.78, 5) is 27.1. The van der Waals surface area contributed by atoms with Crippen LogP contribution < -0.4 is 11.1 Å². The highest BCUT2D eigenvalue weighted by atomic mass is 79.9. The zero-order valence-corrected chi connectivity index (χ0v) is 16.7. The summed E-state index contributed by atoms with van der Waals surface area (Å²) >= 11 is 5.05. The van der Waals surface area contributed by atoms with Crippen molar-refractivity contribution in [2.75, 3.05) is 6.54 Å². The van der Waals surface area contributed by atoms with Crippen LogP contribution in [0.25, 0.3) is 0 Å². The number of nitrogens with two attached hydrogens (primary N) is 1. The fraction of sp³-hybridized carbons (Fsp3) is 0.333. The van der Waals surface area contributed by atoms with Gasteiger partial charge in [-0.15, -0.1) is 11.3 Å². The van der Waals surface area contributed by atoms with E-state index in [1.54, 1.807) is 16.2 Å². The summed E-state index contributed by atoms with van der Waals surface area (Å²) in [5.41, 5.74) is 7.23. The molecule has 1 heterocycles. The van der Waals surface area contributed by atoms with Crippen molar-refractivity contribution in [1.29, 1.82) is 0 Å². The van der Waals surface area contributed by atoms with Gasteiger partial charge in [0, 0.05) is 11.4 Å². The molecular formula is C18H22BrN3O2S. The quantitative estimate of drug-likeness (QED) is 0.706. The Bertz CT molecular complexity index is 747. The van der Waals surface area contributed by atoms with Crippen LogP contribution in [0.2, 0.25) is 0 Å². The zero-order chi connectivity index (χ0) is 18.4. The van der Waals surface area contributed by atoms with Crippen LogP contribution in [0.3, 0.4) is 0 Å². The minimum Gasteiger partial charge on any atom is -0.352 e. The topological polar surface area (TPSA) is 75.4 Å². The van der Waals surface area contributed by atoms with Crippen molar-refractivity contribution >= 4 is 39.2 Å². The van der Waals surface area contributed by atoms with Gasteiger partial charge in [-0.1, -0.05) is 24.3 Å². The lowest BCUT2D eigenvalue weighted by Gasteiger charge is -2.25.